The van der Waals surface area contributed by atoms with Gasteiger partial charge in [0.15, 0.2) is 0 Å². The molecule has 0 aliphatic rings. The van der Waals surface area contributed by atoms with E-state index >= 15 is 0 Å². The van der Waals surface area contributed by atoms with Crippen LogP contribution in [0.15, 0.2) is 46.0 Å². The summed E-state index contributed by atoms with van der Waals surface area (Å²) in [6, 6.07) is 10.2. The molecular formula is C13H15N3OS. The Hall–Kier alpha value is -1.59. The lowest BCUT2D eigenvalue weighted by Gasteiger charge is -1.91. The second-order valence-corrected chi connectivity index (χ2v) is 4.60. The van der Waals surface area contributed by atoms with E-state index in [2.05, 4.69) is 34.5 Å². The molecule has 2 aromatic rings. The molecule has 18 heavy (non-hydrogen) atoms. The van der Waals surface area contributed by atoms with Gasteiger partial charge >= 0.3 is 0 Å². The van der Waals surface area contributed by atoms with E-state index in [-0.39, 0.29) is 0 Å². The molecule has 0 atom stereocenters. The third kappa shape index (κ3) is 4.01. The number of nitrogens with zero attached hydrogens (tertiary/aromatic N) is 2. The van der Waals surface area contributed by atoms with Crippen molar-refractivity contribution in [1.82, 2.24) is 10.2 Å². The minimum Gasteiger partial charge on any atom is -0.416 e. The van der Waals surface area contributed by atoms with E-state index in [1.807, 2.05) is 18.2 Å². The van der Waals surface area contributed by atoms with Crippen LogP contribution in [0.4, 0.5) is 0 Å². The minimum absolute atomic E-state index is 0.528. The lowest BCUT2D eigenvalue weighted by Crippen LogP contribution is -2.02. The van der Waals surface area contributed by atoms with Gasteiger partial charge in [0.25, 0.3) is 5.22 Å². The first kappa shape index (κ1) is 12.9. The molecule has 1 aromatic heterocycles. The van der Waals surface area contributed by atoms with E-state index < -0.39 is 0 Å². The average Bonchev–Trinajstić information content (AvgIpc) is 2.84. The second kappa shape index (κ2) is 6.98. The van der Waals surface area contributed by atoms with Crippen LogP contribution in [-0.2, 0) is 6.42 Å². The number of aromatic nitrogens is 2. The van der Waals surface area contributed by atoms with Crippen LogP contribution in [0.5, 0.6) is 0 Å². The second-order valence-electron chi connectivity index (χ2n) is 3.62. The van der Waals surface area contributed by atoms with Gasteiger partial charge in [0, 0.05) is 18.7 Å². The maximum absolute atomic E-state index is 5.41. The van der Waals surface area contributed by atoms with Crippen molar-refractivity contribution in [2.75, 3.05) is 12.3 Å². The molecule has 0 fully saturated rings. The number of benzene rings is 1. The molecule has 0 radical (unpaired) electrons. The maximum atomic E-state index is 5.41. The van der Waals surface area contributed by atoms with Crippen molar-refractivity contribution in [3.05, 3.63) is 47.9 Å². The summed E-state index contributed by atoms with van der Waals surface area (Å²) in [4.78, 5) is 0. The molecule has 4 nitrogen and oxygen atoms in total. The van der Waals surface area contributed by atoms with Crippen LogP contribution < -0.4 is 5.73 Å². The Morgan fingerprint density at radius 1 is 1.22 bits per heavy atom. The van der Waals surface area contributed by atoms with Gasteiger partial charge < -0.3 is 10.2 Å². The van der Waals surface area contributed by atoms with E-state index in [1.165, 1.54) is 17.3 Å². The predicted molar refractivity (Wildman–Crippen MR) is 73.3 cm³/mol. The van der Waals surface area contributed by atoms with Gasteiger partial charge in [-0.2, -0.15) is 0 Å². The highest BCUT2D eigenvalue weighted by molar-refractivity contribution is 7.99. The van der Waals surface area contributed by atoms with Crippen LogP contribution in [-0.4, -0.2) is 22.5 Å². The fourth-order valence-electron chi connectivity index (χ4n) is 1.39. The monoisotopic (exact) mass is 261 g/mol. The van der Waals surface area contributed by atoms with E-state index in [9.17, 15) is 0 Å². The SMILES string of the molecule is NCCc1nnc(SC/C=C/c2ccccc2)o1. The van der Waals surface area contributed by atoms with Crippen molar-refractivity contribution in [3.63, 3.8) is 0 Å². The summed E-state index contributed by atoms with van der Waals surface area (Å²) in [6.45, 7) is 0.528. The Labute approximate surface area is 110 Å². The smallest absolute Gasteiger partial charge is 0.276 e. The van der Waals surface area contributed by atoms with Crippen molar-refractivity contribution in [2.24, 2.45) is 5.73 Å². The first-order valence-corrected chi connectivity index (χ1v) is 6.74. The molecule has 1 aromatic carbocycles. The summed E-state index contributed by atoms with van der Waals surface area (Å²) in [5, 5.41) is 8.43. The molecule has 0 aliphatic heterocycles. The molecule has 0 spiro atoms. The van der Waals surface area contributed by atoms with E-state index in [0.29, 0.717) is 24.1 Å². The standard InChI is InChI=1S/C13H15N3OS/c14-9-8-12-15-16-13(17-12)18-10-4-7-11-5-2-1-3-6-11/h1-7H,8-10,14H2/b7-4+. The van der Waals surface area contributed by atoms with Crippen molar-refractivity contribution in [1.29, 1.82) is 0 Å². The van der Waals surface area contributed by atoms with Crippen molar-refractivity contribution >= 4 is 17.8 Å². The topological polar surface area (TPSA) is 64.9 Å². The zero-order valence-corrected chi connectivity index (χ0v) is 10.8. The van der Waals surface area contributed by atoms with Crippen LogP contribution in [0.1, 0.15) is 11.5 Å². The van der Waals surface area contributed by atoms with Gasteiger partial charge in [-0.25, -0.2) is 0 Å². The molecule has 1 heterocycles. The number of rotatable bonds is 6. The molecule has 0 saturated carbocycles. The summed E-state index contributed by atoms with van der Waals surface area (Å²) in [6.07, 6.45) is 4.78. The summed E-state index contributed by atoms with van der Waals surface area (Å²) in [5.41, 5.74) is 6.60. The van der Waals surface area contributed by atoms with E-state index in [1.54, 1.807) is 0 Å². The van der Waals surface area contributed by atoms with E-state index in [4.69, 9.17) is 10.2 Å². The fourth-order valence-corrected chi connectivity index (χ4v) is 1.98. The molecule has 2 rings (SSSR count). The van der Waals surface area contributed by atoms with Crippen molar-refractivity contribution < 1.29 is 4.42 Å². The summed E-state index contributed by atoms with van der Waals surface area (Å²) >= 11 is 1.52. The van der Waals surface area contributed by atoms with Crippen LogP contribution in [0.3, 0.4) is 0 Å². The number of nitrogens with two attached hydrogens (primary N) is 1. The Kier molecular flexibility index (Phi) is 4.99. The van der Waals surface area contributed by atoms with Crippen molar-refractivity contribution in [3.8, 4) is 0 Å². The molecule has 0 unspecified atom stereocenters. The molecule has 0 bridgehead atoms. The van der Waals surface area contributed by atoms with Crippen LogP contribution in [0.2, 0.25) is 0 Å². The normalized spacial score (nSPS) is 11.2. The molecule has 0 aliphatic carbocycles. The summed E-state index contributed by atoms with van der Waals surface area (Å²) in [7, 11) is 0. The highest BCUT2D eigenvalue weighted by Crippen LogP contribution is 2.16. The first-order valence-electron chi connectivity index (χ1n) is 5.75. The number of hydrogen-bond donors (Lipinski definition) is 1. The lowest BCUT2D eigenvalue weighted by atomic mass is 10.2. The third-order valence-corrected chi connectivity index (χ3v) is 2.99. The quantitative estimate of drug-likeness (QED) is 0.809. The highest BCUT2D eigenvalue weighted by atomic mass is 32.2. The minimum atomic E-state index is 0.528. The molecule has 0 saturated heterocycles. The highest BCUT2D eigenvalue weighted by Gasteiger charge is 2.04. The van der Waals surface area contributed by atoms with Gasteiger partial charge in [-0.3, -0.25) is 0 Å². The summed E-state index contributed by atoms with van der Waals surface area (Å²) in [5.74, 6) is 1.41. The van der Waals surface area contributed by atoms with Gasteiger partial charge in [-0.1, -0.05) is 54.2 Å². The Morgan fingerprint density at radius 3 is 2.83 bits per heavy atom. The zero-order chi connectivity index (χ0) is 12.6. The molecule has 2 N–H and O–H groups in total. The number of thioether (sulfide) groups is 1. The number of hydrogen-bond acceptors (Lipinski definition) is 5. The fraction of sp³-hybridized carbons (Fsp3) is 0.231. The third-order valence-electron chi connectivity index (χ3n) is 2.22. The van der Waals surface area contributed by atoms with E-state index in [0.717, 1.165) is 5.75 Å². The molecule has 5 heteroatoms. The van der Waals surface area contributed by atoms with Gasteiger partial charge in [-0.05, 0) is 5.56 Å². The average molecular weight is 261 g/mol. The molecule has 0 amide bonds. The Balaban J connectivity index is 1.79. The van der Waals surface area contributed by atoms with Crippen LogP contribution in [0.25, 0.3) is 6.08 Å². The Morgan fingerprint density at radius 2 is 2.06 bits per heavy atom. The predicted octanol–water partition coefficient (Wildman–Crippen LogP) is 2.38. The van der Waals surface area contributed by atoms with Gasteiger partial charge in [0.1, 0.15) is 0 Å². The van der Waals surface area contributed by atoms with Gasteiger partial charge in [0.2, 0.25) is 5.89 Å². The van der Waals surface area contributed by atoms with Crippen LogP contribution in [0, 0.1) is 0 Å². The Bertz CT molecular complexity index is 496. The molecule has 94 valence electrons. The largest absolute Gasteiger partial charge is 0.416 e. The maximum Gasteiger partial charge on any atom is 0.276 e. The summed E-state index contributed by atoms with van der Waals surface area (Å²) < 4.78 is 5.40. The first-order chi connectivity index (χ1) is 8.88. The van der Waals surface area contributed by atoms with Crippen molar-refractivity contribution in [2.45, 2.75) is 11.6 Å². The zero-order valence-electron chi connectivity index (χ0n) is 9.95. The molecular weight excluding hydrogens is 246 g/mol. The lowest BCUT2D eigenvalue weighted by molar-refractivity contribution is 0.414. The van der Waals surface area contributed by atoms with Gasteiger partial charge in [-0.15, -0.1) is 10.2 Å². The van der Waals surface area contributed by atoms with Crippen LogP contribution >= 0.6 is 11.8 Å². The van der Waals surface area contributed by atoms with Gasteiger partial charge in [0.05, 0.1) is 0 Å².